The molecule has 0 spiro atoms. The zero-order valence-corrected chi connectivity index (χ0v) is 9.14. The van der Waals surface area contributed by atoms with E-state index in [1.807, 2.05) is 0 Å². The highest BCUT2D eigenvalue weighted by Gasteiger charge is 2.34. The molecule has 0 saturated heterocycles. The fraction of sp³-hybridized carbons (Fsp3) is 0. The van der Waals surface area contributed by atoms with Crippen LogP contribution in [0, 0.1) is 30.3 Å². The number of nitro groups is 3. The molecule has 0 radical (unpaired) electrons. The van der Waals surface area contributed by atoms with Crippen molar-refractivity contribution in [2.75, 3.05) is 0 Å². The normalized spacial score (nSPS) is 8.72. The third-order valence-electron chi connectivity index (χ3n) is 1.57. The van der Waals surface area contributed by atoms with Crippen LogP contribution >= 0.6 is 11.6 Å². The van der Waals surface area contributed by atoms with Crippen LogP contribution in [0.25, 0.3) is 0 Å². The van der Waals surface area contributed by atoms with Gasteiger partial charge in [0.15, 0.2) is 0 Å². The number of halogens is 1. The third-order valence-corrected chi connectivity index (χ3v) is 1.57. The van der Waals surface area contributed by atoms with Gasteiger partial charge in [0.2, 0.25) is 5.75 Å². The third kappa shape index (κ3) is 3.75. The van der Waals surface area contributed by atoms with E-state index in [0.29, 0.717) is 0 Å². The molecule has 0 heterocycles. The van der Waals surface area contributed by atoms with Crippen LogP contribution in [0.4, 0.5) is 17.1 Å². The highest BCUT2D eigenvalue weighted by molar-refractivity contribution is 6.54. The van der Waals surface area contributed by atoms with Crippen LogP contribution in [0.2, 0.25) is 0 Å². The molecule has 1 aromatic rings. The zero-order valence-electron chi connectivity index (χ0n) is 8.39. The van der Waals surface area contributed by atoms with Crippen LogP contribution in [0.1, 0.15) is 0 Å². The molecule has 1 aromatic carbocycles. The van der Waals surface area contributed by atoms with Gasteiger partial charge >= 0.3 is 17.1 Å². The lowest BCUT2D eigenvalue weighted by Gasteiger charge is -1.95. The van der Waals surface area contributed by atoms with Crippen molar-refractivity contribution in [3.8, 4) is 0 Å². The van der Waals surface area contributed by atoms with E-state index in [0.717, 1.165) is 18.2 Å². The summed E-state index contributed by atoms with van der Waals surface area (Å²) in [5.74, 6) is 0.222. The highest BCUT2D eigenvalue weighted by Crippen LogP contribution is 2.35. The van der Waals surface area contributed by atoms with Gasteiger partial charge < -0.3 is 0 Å². The molecular weight excluding hydrogens is 274 g/mol. The Hall–Kier alpha value is -2.62. The van der Waals surface area contributed by atoms with Crippen molar-refractivity contribution in [1.29, 1.82) is 0 Å². The average Bonchev–Trinajstić information content (AvgIpc) is 2.28. The van der Waals surface area contributed by atoms with Gasteiger partial charge in [-0.25, -0.2) is 0 Å². The van der Waals surface area contributed by atoms with E-state index in [9.17, 15) is 30.3 Å². The topological polar surface area (TPSA) is 146 Å². The number of carbonyl (C=O) groups is 1. The van der Waals surface area contributed by atoms with Gasteiger partial charge in [0.25, 0.3) is 0 Å². The summed E-state index contributed by atoms with van der Waals surface area (Å²) < 4.78 is 0. The van der Waals surface area contributed by atoms with Crippen molar-refractivity contribution in [3.05, 3.63) is 48.5 Å². The summed E-state index contributed by atoms with van der Waals surface area (Å²) in [7, 11) is 0. The van der Waals surface area contributed by atoms with Gasteiger partial charge in [0.05, 0.1) is 14.8 Å². The molecule has 18 heavy (non-hydrogen) atoms. The van der Waals surface area contributed by atoms with Crippen LogP contribution in [0.5, 0.6) is 0 Å². The number of hydrogen-bond acceptors (Lipinski definition) is 7. The number of para-hydroxylation sites is 1. The van der Waals surface area contributed by atoms with Crippen LogP contribution in [0.3, 0.4) is 0 Å². The maximum atomic E-state index is 10.4. The monoisotopic (exact) mass is 277 g/mol. The number of benzene rings is 1. The first-order chi connectivity index (χ1) is 8.36. The van der Waals surface area contributed by atoms with E-state index in [1.54, 1.807) is 0 Å². The van der Waals surface area contributed by atoms with Gasteiger partial charge in [0.1, 0.15) is 0 Å². The minimum atomic E-state index is -1.14. The van der Waals surface area contributed by atoms with Crippen molar-refractivity contribution < 1.29 is 19.6 Å². The molecule has 10 nitrogen and oxygen atoms in total. The first-order valence-electron chi connectivity index (χ1n) is 3.96. The molecule has 0 unspecified atom stereocenters. The second kappa shape index (κ2) is 6.85. The number of nitro benzene ring substituents is 3. The van der Waals surface area contributed by atoms with Gasteiger partial charge in [0, 0.05) is 12.1 Å². The summed E-state index contributed by atoms with van der Waals surface area (Å²) in [5, 5.41) is 31.2. The molecule has 0 atom stereocenters. The van der Waals surface area contributed by atoms with Crippen LogP contribution < -0.4 is 0 Å². The molecule has 0 bridgehead atoms. The molecule has 1 rings (SSSR count). The Bertz CT molecular complexity index is 472. The van der Waals surface area contributed by atoms with E-state index < -0.39 is 31.8 Å². The van der Waals surface area contributed by atoms with Crippen molar-refractivity contribution >= 4 is 34.4 Å². The van der Waals surface area contributed by atoms with Gasteiger partial charge in [-0.2, -0.15) is 0 Å². The molecule has 0 N–H and O–H groups in total. The lowest BCUT2D eigenvalue weighted by atomic mass is 10.2. The second-order valence-corrected chi connectivity index (χ2v) is 2.68. The number of nitrogens with zero attached hydrogens (tertiary/aromatic N) is 3. The predicted octanol–water partition coefficient (Wildman–Crippen LogP) is 1.83. The smallest absolute Gasteiger partial charge is 0.285 e. The van der Waals surface area contributed by atoms with Crippen molar-refractivity contribution in [3.63, 3.8) is 0 Å². The van der Waals surface area contributed by atoms with Gasteiger partial charge in [-0.05, 0) is 17.7 Å². The molecule has 0 aliphatic carbocycles. The van der Waals surface area contributed by atoms with E-state index >= 15 is 0 Å². The van der Waals surface area contributed by atoms with Crippen LogP contribution in [-0.4, -0.2) is 20.5 Å². The summed E-state index contributed by atoms with van der Waals surface area (Å²) in [4.78, 5) is 36.6. The Balaban J connectivity index is 0.000000873. The Morgan fingerprint density at radius 2 is 1.28 bits per heavy atom. The van der Waals surface area contributed by atoms with Gasteiger partial charge in [-0.3, -0.25) is 35.1 Å². The molecule has 0 amide bonds. The molecule has 0 aromatic heterocycles. The summed E-state index contributed by atoms with van der Waals surface area (Å²) in [5.41, 5.74) is -2.89. The van der Waals surface area contributed by atoms with E-state index in [1.165, 1.54) is 0 Å². The number of rotatable bonds is 3. The zero-order chi connectivity index (χ0) is 14.3. The van der Waals surface area contributed by atoms with Crippen molar-refractivity contribution in [2.45, 2.75) is 0 Å². The Kier molecular flexibility index (Phi) is 5.86. The maximum Gasteiger partial charge on any atom is 0.422 e. The number of carbonyl (C=O) groups excluding carboxylic acids is 1. The largest absolute Gasteiger partial charge is 0.422 e. The van der Waals surface area contributed by atoms with E-state index in [2.05, 4.69) is 11.6 Å². The second-order valence-electron chi connectivity index (χ2n) is 2.51. The highest BCUT2D eigenvalue weighted by atomic mass is 35.5. The van der Waals surface area contributed by atoms with E-state index in [4.69, 9.17) is 4.79 Å². The molecular formula is C7H4ClN3O7. The quantitative estimate of drug-likeness (QED) is 0.354. The molecule has 0 saturated carbocycles. The Morgan fingerprint density at radius 1 is 0.944 bits per heavy atom. The minimum Gasteiger partial charge on any atom is -0.285 e. The van der Waals surface area contributed by atoms with Crippen molar-refractivity contribution in [1.82, 2.24) is 0 Å². The summed E-state index contributed by atoms with van der Waals surface area (Å²) >= 11 is 4.32. The summed E-state index contributed by atoms with van der Waals surface area (Å²) in [6, 6.07) is 2.69. The Morgan fingerprint density at radius 3 is 1.50 bits per heavy atom. The van der Waals surface area contributed by atoms with Gasteiger partial charge in [-0.1, -0.05) is 0 Å². The molecule has 11 heteroatoms. The molecule has 0 aliphatic heterocycles. The van der Waals surface area contributed by atoms with Crippen LogP contribution in [-0.2, 0) is 4.79 Å². The SMILES string of the molecule is O=CCl.O=[N+]([O-])c1cccc([N+](=O)[O-])c1[N+](=O)[O-]. The molecule has 0 fully saturated rings. The fourth-order valence-electron chi connectivity index (χ4n) is 1.00. The van der Waals surface area contributed by atoms with Crippen molar-refractivity contribution in [2.24, 2.45) is 0 Å². The molecule has 96 valence electrons. The summed E-state index contributed by atoms with van der Waals surface area (Å²) in [6.45, 7) is 0. The first-order valence-corrected chi connectivity index (χ1v) is 4.40. The molecule has 0 aliphatic rings. The minimum absolute atomic E-state index is 0.222. The van der Waals surface area contributed by atoms with Crippen LogP contribution in [0.15, 0.2) is 18.2 Å². The fourth-order valence-corrected chi connectivity index (χ4v) is 1.00. The van der Waals surface area contributed by atoms with Gasteiger partial charge in [-0.15, -0.1) is 0 Å². The average molecular weight is 278 g/mol. The lowest BCUT2D eigenvalue weighted by Crippen LogP contribution is -2.00. The summed E-state index contributed by atoms with van der Waals surface area (Å²) in [6.07, 6.45) is 0. The lowest BCUT2D eigenvalue weighted by molar-refractivity contribution is -0.441. The number of hydrogen-bond donors (Lipinski definition) is 0. The maximum absolute atomic E-state index is 10.4. The van der Waals surface area contributed by atoms with E-state index in [-0.39, 0.29) is 5.75 Å². The first kappa shape index (κ1) is 15.4. The standard InChI is InChI=1S/C6H3N3O6.CHClO/c10-7(11)4-2-1-3-5(8(12)13)6(4)9(14)15;2-1-3/h1-3H;1H. The predicted molar refractivity (Wildman–Crippen MR) is 59.0 cm³/mol. The Labute approximate surface area is 103 Å².